The summed E-state index contributed by atoms with van der Waals surface area (Å²) in [6.45, 7) is 2.73. The molecule has 6 N–H and O–H groups in total. The summed E-state index contributed by atoms with van der Waals surface area (Å²) < 4.78 is 26.4. The summed E-state index contributed by atoms with van der Waals surface area (Å²) in [6, 6.07) is 3.20. The van der Waals surface area contributed by atoms with E-state index in [1.165, 1.54) is 0 Å². The molecule has 0 bridgehead atoms. The molecule has 8 heteroatoms. The molecule has 19 heavy (non-hydrogen) atoms. The molecule has 1 rings (SSSR count). The Bertz CT molecular complexity index is 598. The molecule has 0 heterocycles. The summed E-state index contributed by atoms with van der Waals surface area (Å²) in [6.07, 6.45) is -1.57. The number of nitrogens with two attached hydrogens (primary N) is 2. The van der Waals surface area contributed by atoms with E-state index in [1.807, 2.05) is 0 Å². The number of nitrogens with one attached hydrogen (secondary N) is 1. The van der Waals surface area contributed by atoms with Gasteiger partial charge in [-0.2, -0.15) is 0 Å². The summed E-state index contributed by atoms with van der Waals surface area (Å²) in [4.78, 5) is 10.7. The number of carbonyl (C=O) groups excluding carboxylic acids is 1. The predicted molar refractivity (Wildman–Crippen MR) is 70.7 cm³/mol. The van der Waals surface area contributed by atoms with Crippen LogP contribution in [0.15, 0.2) is 17.0 Å². The SMILES string of the molecule is Cc1ccc(N)c(C)c1S(=O)(=O)NCC(O)C(N)=O. The number of rotatable bonds is 5. The maximum absolute atomic E-state index is 12.1. The molecule has 1 atom stereocenters. The molecule has 1 aromatic carbocycles. The highest BCUT2D eigenvalue weighted by Gasteiger charge is 2.22. The number of aliphatic hydroxyl groups is 1. The molecule has 0 aliphatic rings. The van der Waals surface area contributed by atoms with E-state index < -0.39 is 28.6 Å². The van der Waals surface area contributed by atoms with Gasteiger partial charge in [-0.05, 0) is 31.0 Å². The van der Waals surface area contributed by atoms with Crippen LogP contribution in [0.4, 0.5) is 5.69 Å². The molecular formula is C11H17N3O4S. The van der Waals surface area contributed by atoms with Crippen molar-refractivity contribution in [1.82, 2.24) is 4.72 Å². The molecule has 0 saturated heterocycles. The third-order valence-electron chi connectivity index (χ3n) is 2.71. The fraction of sp³-hybridized carbons (Fsp3) is 0.364. The number of amides is 1. The first-order valence-corrected chi connectivity index (χ1v) is 6.98. The highest BCUT2D eigenvalue weighted by molar-refractivity contribution is 7.89. The van der Waals surface area contributed by atoms with Crippen molar-refractivity contribution in [3.05, 3.63) is 23.3 Å². The van der Waals surface area contributed by atoms with E-state index in [9.17, 15) is 18.3 Å². The van der Waals surface area contributed by atoms with Crippen LogP contribution in [0.1, 0.15) is 11.1 Å². The van der Waals surface area contributed by atoms with Gasteiger partial charge in [0, 0.05) is 12.2 Å². The van der Waals surface area contributed by atoms with Gasteiger partial charge in [-0.1, -0.05) is 6.07 Å². The van der Waals surface area contributed by atoms with Crippen molar-refractivity contribution in [2.75, 3.05) is 12.3 Å². The Morgan fingerprint density at radius 3 is 2.53 bits per heavy atom. The number of anilines is 1. The molecule has 0 fully saturated rings. The first-order chi connectivity index (χ1) is 8.66. The van der Waals surface area contributed by atoms with Crippen molar-refractivity contribution in [2.24, 2.45) is 5.73 Å². The van der Waals surface area contributed by atoms with E-state index in [1.54, 1.807) is 26.0 Å². The highest BCUT2D eigenvalue weighted by Crippen LogP contribution is 2.24. The lowest BCUT2D eigenvalue weighted by molar-refractivity contribution is -0.125. The minimum Gasteiger partial charge on any atom is -0.398 e. The number of aliphatic hydroxyl groups excluding tert-OH is 1. The Morgan fingerprint density at radius 1 is 1.42 bits per heavy atom. The summed E-state index contributed by atoms with van der Waals surface area (Å²) in [5.41, 5.74) is 11.8. The van der Waals surface area contributed by atoms with Crippen LogP contribution in [0.2, 0.25) is 0 Å². The zero-order chi connectivity index (χ0) is 14.8. The molecule has 7 nitrogen and oxygen atoms in total. The predicted octanol–water partition coefficient (Wildman–Crippen LogP) is -0.990. The Morgan fingerprint density at radius 2 is 2.00 bits per heavy atom. The summed E-state index contributed by atoms with van der Waals surface area (Å²) in [7, 11) is -3.87. The standard InChI is InChI=1S/C11H17N3O4S/c1-6-3-4-8(12)7(2)10(6)19(17,18)14-5-9(15)11(13)16/h3-4,9,14-15H,5,12H2,1-2H3,(H2,13,16). The highest BCUT2D eigenvalue weighted by atomic mass is 32.2. The molecule has 106 valence electrons. The lowest BCUT2D eigenvalue weighted by atomic mass is 10.1. The largest absolute Gasteiger partial charge is 0.398 e. The van der Waals surface area contributed by atoms with Gasteiger partial charge < -0.3 is 16.6 Å². The van der Waals surface area contributed by atoms with Crippen LogP contribution in [0.3, 0.4) is 0 Å². The Hall–Kier alpha value is -1.64. The van der Waals surface area contributed by atoms with E-state index in [2.05, 4.69) is 4.72 Å². The van der Waals surface area contributed by atoms with Gasteiger partial charge in [-0.25, -0.2) is 13.1 Å². The van der Waals surface area contributed by atoms with Crippen LogP contribution in [0.25, 0.3) is 0 Å². The first kappa shape index (κ1) is 15.4. The van der Waals surface area contributed by atoms with E-state index >= 15 is 0 Å². The number of benzene rings is 1. The van der Waals surface area contributed by atoms with Crippen molar-refractivity contribution in [3.63, 3.8) is 0 Å². The molecule has 0 aromatic heterocycles. The van der Waals surface area contributed by atoms with Crippen LogP contribution in [-0.2, 0) is 14.8 Å². The van der Waals surface area contributed by atoms with Gasteiger partial charge >= 0.3 is 0 Å². The van der Waals surface area contributed by atoms with Gasteiger partial charge in [-0.15, -0.1) is 0 Å². The summed E-state index contributed by atoms with van der Waals surface area (Å²) >= 11 is 0. The Labute approximate surface area is 111 Å². The zero-order valence-electron chi connectivity index (χ0n) is 10.7. The van der Waals surface area contributed by atoms with Gasteiger partial charge in [0.1, 0.15) is 6.10 Å². The maximum Gasteiger partial charge on any atom is 0.247 e. The van der Waals surface area contributed by atoms with Crippen molar-refractivity contribution in [1.29, 1.82) is 0 Å². The van der Waals surface area contributed by atoms with E-state index in [4.69, 9.17) is 11.5 Å². The second kappa shape index (κ2) is 5.55. The van der Waals surface area contributed by atoms with E-state index in [0.717, 1.165) is 0 Å². The fourth-order valence-electron chi connectivity index (χ4n) is 1.62. The molecular weight excluding hydrogens is 270 g/mol. The normalized spacial score (nSPS) is 13.2. The zero-order valence-corrected chi connectivity index (χ0v) is 11.5. The average molecular weight is 287 g/mol. The second-order valence-electron chi connectivity index (χ2n) is 4.20. The molecule has 0 saturated carbocycles. The minimum atomic E-state index is -3.87. The quantitative estimate of drug-likeness (QED) is 0.516. The van der Waals surface area contributed by atoms with Crippen molar-refractivity contribution in [3.8, 4) is 0 Å². The fourth-order valence-corrected chi connectivity index (χ4v) is 3.15. The van der Waals surface area contributed by atoms with Crippen LogP contribution in [0.5, 0.6) is 0 Å². The van der Waals surface area contributed by atoms with Gasteiger partial charge in [-0.3, -0.25) is 4.79 Å². The van der Waals surface area contributed by atoms with E-state index in [-0.39, 0.29) is 4.90 Å². The number of nitrogen functional groups attached to an aromatic ring is 1. The molecule has 0 radical (unpaired) electrons. The number of hydrogen-bond acceptors (Lipinski definition) is 5. The molecule has 0 aliphatic carbocycles. The van der Waals surface area contributed by atoms with Gasteiger partial charge in [0.2, 0.25) is 15.9 Å². The maximum atomic E-state index is 12.1. The Kier molecular flexibility index (Phi) is 4.51. The van der Waals surface area contributed by atoms with Gasteiger partial charge in [0.05, 0.1) is 4.90 Å². The molecule has 0 spiro atoms. The Balaban J connectivity index is 3.08. The number of sulfonamides is 1. The van der Waals surface area contributed by atoms with Crippen LogP contribution >= 0.6 is 0 Å². The summed E-state index contributed by atoms with van der Waals surface area (Å²) in [5.74, 6) is -0.997. The molecule has 0 aliphatic heterocycles. The number of hydrogen-bond donors (Lipinski definition) is 4. The number of carbonyl (C=O) groups is 1. The number of primary amides is 1. The van der Waals surface area contributed by atoms with Crippen LogP contribution < -0.4 is 16.2 Å². The first-order valence-electron chi connectivity index (χ1n) is 5.49. The smallest absolute Gasteiger partial charge is 0.247 e. The monoisotopic (exact) mass is 287 g/mol. The lowest BCUT2D eigenvalue weighted by Crippen LogP contribution is -2.40. The van der Waals surface area contributed by atoms with Crippen LogP contribution in [-0.4, -0.2) is 32.1 Å². The van der Waals surface area contributed by atoms with E-state index in [0.29, 0.717) is 16.8 Å². The van der Waals surface area contributed by atoms with Gasteiger partial charge in [0.25, 0.3) is 0 Å². The summed E-state index contributed by atoms with van der Waals surface area (Å²) in [5, 5.41) is 9.20. The number of aryl methyl sites for hydroxylation is 1. The van der Waals surface area contributed by atoms with Crippen molar-refractivity contribution in [2.45, 2.75) is 24.8 Å². The third kappa shape index (κ3) is 3.43. The van der Waals surface area contributed by atoms with Crippen molar-refractivity contribution >= 4 is 21.6 Å². The molecule has 1 amide bonds. The average Bonchev–Trinajstić information content (AvgIpc) is 2.31. The molecule has 1 aromatic rings. The second-order valence-corrected chi connectivity index (χ2v) is 5.90. The van der Waals surface area contributed by atoms with Gasteiger partial charge in [0.15, 0.2) is 0 Å². The third-order valence-corrected chi connectivity index (χ3v) is 4.42. The molecule has 1 unspecified atom stereocenters. The van der Waals surface area contributed by atoms with Crippen molar-refractivity contribution < 1.29 is 18.3 Å². The topological polar surface area (TPSA) is 136 Å². The minimum absolute atomic E-state index is 0.0455. The lowest BCUT2D eigenvalue weighted by Gasteiger charge is -2.14. The van der Waals surface area contributed by atoms with Crippen LogP contribution in [0, 0.1) is 13.8 Å².